The van der Waals surface area contributed by atoms with E-state index >= 15 is 0 Å². The third-order valence-corrected chi connectivity index (χ3v) is 3.13. The van der Waals surface area contributed by atoms with Gasteiger partial charge in [0.15, 0.2) is 0 Å². The van der Waals surface area contributed by atoms with Crippen LogP contribution in [0.5, 0.6) is 5.75 Å². The maximum Gasteiger partial charge on any atom is 0.282 e. The van der Waals surface area contributed by atoms with E-state index in [1.807, 2.05) is 6.07 Å². The van der Waals surface area contributed by atoms with Crippen LogP contribution < -0.4 is 5.56 Å². The van der Waals surface area contributed by atoms with E-state index in [0.29, 0.717) is 16.7 Å². The lowest BCUT2D eigenvalue weighted by molar-refractivity contribution is 0.475. The summed E-state index contributed by atoms with van der Waals surface area (Å²) in [7, 11) is 0. The first kappa shape index (κ1) is 13.1. The molecule has 0 aliphatic heterocycles. The fourth-order valence-corrected chi connectivity index (χ4v) is 2.06. The Hall–Kier alpha value is -2.95. The van der Waals surface area contributed by atoms with Crippen molar-refractivity contribution in [2.24, 2.45) is 5.10 Å². The van der Waals surface area contributed by atoms with Gasteiger partial charge in [0.2, 0.25) is 0 Å². The van der Waals surface area contributed by atoms with Crippen LogP contribution in [0.4, 0.5) is 0 Å². The molecule has 0 atom stereocenters. The molecule has 0 bridgehead atoms. The number of rotatable bonds is 2. The molecule has 21 heavy (non-hydrogen) atoms. The van der Waals surface area contributed by atoms with Gasteiger partial charge in [-0.3, -0.25) is 4.79 Å². The molecular weight excluding hydrogens is 266 g/mol. The molecule has 1 N–H and O–H groups in total. The van der Waals surface area contributed by atoms with Gasteiger partial charge in [-0.25, -0.2) is 4.98 Å². The van der Waals surface area contributed by atoms with Crippen LogP contribution in [0.25, 0.3) is 10.9 Å². The zero-order chi connectivity index (χ0) is 14.8. The Morgan fingerprint density at radius 3 is 2.62 bits per heavy atom. The maximum absolute atomic E-state index is 12.4. The first-order chi connectivity index (χ1) is 10.1. The van der Waals surface area contributed by atoms with Crippen LogP contribution in [0.3, 0.4) is 0 Å². The number of aryl methyl sites for hydroxylation is 1. The minimum atomic E-state index is -0.201. The Morgan fingerprint density at radius 2 is 1.86 bits per heavy atom. The van der Waals surface area contributed by atoms with Crippen molar-refractivity contribution >= 4 is 17.1 Å². The summed E-state index contributed by atoms with van der Waals surface area (Å²) in [5.41, 5.74) is 1.25. The minimum Gasteiger partial charge on any atom is -0.508 e. The van der Waals surface area contributed by atoms with E-state index < -0.39 is 0 Å². The molecule has 3 aromatic rings. The largest absolute Gasteiger partial charge is 0.508 e. The molecule has 1 aromatic heterocycles. The predicted molar refractivity (Wildman–Crippen MR) is 81.8 cm³/mol. The highest BCUT2D eigenvalue weighted by Gasteiger charge is 2.06. The first-order valence-electron chi connectivity index (χ1n) is 6.47. The highest BCUT2D eigenvalue weighted by atomic mass is 16.3. The van der Waals surface area contributed by atoms with Gasteiger partial charge in [-0.15, -0.1) is 0 Å². The lowest BCUT2D eigenvalue weighted by atomic mass is 10.2. The number of hydrogen-bond donors (Lipinski definition) is 1. The third kappa shape index (κ3) is 2.53. The van der Waals surface area contributed by atoms with E-state index in [1.54, 1.807) is 55.6 Å². The summed E-state index contributed by atoms with van der Waals surface area (Å²) in [6.07, 6.45) is 1.56. The lowest BCUT2D eigenvalue weighted by Crippen LogP contribution is -2.20. The summed E-state index contributed by atoms with van der Waals surface area (Å²) in [5, 5.41) is 14.0. The van der Waals surface area contributed by atoms with Crippen LogP contribution in [0.2, 0.25) is 0 Å². The molecule has 0 aliphatic rings. The highest BCUT2D eigenvalue weighted by molar-refractivity contribution is 5.80. The predicted octanol–water partition coefficient (Wildman–Crippen LogP) is 2.29. The standard InChI is InChI=1S/C16H13N3O2/c1-11-18-15-5-3-2-4-14(15)16(21)19(11)17-10-12-6-8-13(20)9-7-12/h2-10,20H,1H3/b17-10-. The van der Waals surface area contributed by atoms with E-state index in [9.17, 15) is 9.90 Å². The fraction of sp³-hybridized carbons (Fsp3) is 0.0625. The van der Waals surface area contributed by atoms with Gasteiger partial charge in [0.05, 0.1) is 17.1 Å². The number of hydrogen-bond acceptors (Lipinski definition) is 4. The lowest BCUT2D eigenvalue weighted by Gasteiger charge is -2.05. The van der Waals surface area contributed by atoms with Gasteiger partial charge in [0.1, 0.15) is 11.6 Å². The average molecular weight is 279 g/mol. The van der Waals surface area contributed by atoms with Crippen molar-refractivity contribution in [2.75, 3.05) is 0 Å². The normalized spacial score (nSPS) is 11.3. The van der Waals surface area contributed by atoms with Crippen LogP contribution in [-0.4, -0.2) is 21.0 Å². The van der Waals surface area contributed by atoms with Crippen molar-refractivity contribution in [2.45, 2.75) is 6.92 Å². The molecule has 5 nitrogen and oxygen atoms in total. The van der Waals surface area contributed by atoms with Gasteiger partial charge in [0.25, 0.3) is 5.56 Å². The molecule has 2 aromatic carbocycles. The Labute approximate surface area is 120 Å². The monoisotopic (exact) mass is 279 g/mol. The number of aromatic hydroxyl groups is 1. The van der Waals surface area contributed by atoms with E-state index in [4.69, 9.17) is 0 Å². The number of benzene rings is 2. The van der Waals surface area contributed by atoms with Gasteiger partial charge in [-0.1, -0.05) is 12.1 Å². The number of phenols is 1. The molecule has 0 saturated carbocycles. The summed E-state index contributed by atoms with van der Waals surface area (Å²) < 4.78 is 1.27. The highest BCUT2D eigenvalue weighted by Crippen LogP contribution is 2.09. The molecule has 0 radical (unpaired) electrons. The van der Waals surface area contributed by atoms with Crippen molar-refractivity contribution in [3.05, 3.63) is 70.3 Å². The van der Waals surface area contributed by atoms with Crippen molar-refractivity contribution in [3.8, 4) is 5.75 Å². The van der Waals surface area contributed by atoms with Crippen LogP contribution in [0.1, 0.15) is 11.4 Å². The number of aromatic nitrogens is 2. The molecule has 5 heteroatoms. The summed E-state index contributed by atoms with van der Waals surface area (Å²) >= 11 is 0. The second-order valence-corrected chi connectivity index (χ2v) is 4.63. The molecule has 0 saturated heterocycles. The fourth-order valence-electron chi connectivity index (χ4n) is 2.06. The Morgan fingerprint density at radius 1 is 1.14 bits per heavy atom. The second-order valence-electron chi connectivity index (χ2n) is 4.63. The van der Waals surface area contributed by atoms with Crippen LogP contribution >= 0.6 is 0 Å². The van der Waals surface area contributed by atoms with Gasteiger partial charge in [-0.2, -0.15) is 9.78 Å². The number of nitrogens with zero attached hydrogens (tertiary/aromatic N) is 3. The SMILES string of the molecule is Cc1nc2ccccc2c(=O)n1/N=C\c1ccc(O)cc1. The number of phenolic OH excluding ortho intramolecular Hbond substituents is 1. The Balaban J connectivity index is 2.08. The molecule has 0 spiro atoms. The summed E-state index contributed by atoms with van der Waals surface area (Å²) in [6, 6.07) is 13.7. The molecule has 0 fully saturated rings. The average Bonchev–Trinajstić information content (AvgIpc) is 2.49. The Kier molecular flexibility index (Phi) is 3.23. The summed E-state index contributed by atoms with van der Waals surface area (Å²) in [5.74, 6) is 0.710. The van der Waals surface area contributed by atoms with Crippen LogP contribution in [-0.2, 0) is 0 Å². The van der Waals surface area contributed by atoms with Gasteiger partial charge in [-0.05, 0) is 48.9 Å². The van der Waals surface area contributed by atoms with Crippen molar-refractivity contribution in [3.63, 3.8) is 0 Å². The molecule has 0 amide bonds. The molecule has 3 rings (SSSR count). The van der Waals surface area contributed by atoms with Gasteiger partial charge < -0.3 is 5.11 Å². The smallest absolute Gasteiger partial charge is 0.282 e. The van der Waals surface area contributed by atoms with Gasteiger partial charge >= 0.3 is 0 Å². The topological polar surface area (TPSA) is 67.5 Å². The number of fused-ring (bicyclic) bond motifs is 1. The molecule has 0 aliphatic carbocycles. The zero-order valence-electron chi connectivity index (χ0n) is 11.4. The summed E-state index contributed by atoms with van der Waals surface area (Å²) in [6.45, 7) is 1.74. The van der Waals surface area contributed by atoms with E-state index in [0.717, 1.165) is 5.56 Å². The quantitative estimate of drug-likeness (QED) is 0.732. The maximum atomic E-state index is 12.4. The van der Waals surface area contributed by atoms with Crippen LogP contribution in [0, 0.1) is 6.92 Å². The first-order valence-corrected chi connectivity index (χ1v) is 6.47. The van der Waals surface area contributed by atoms with Crippen molar-refractivity contribution in [1.29, 1.82) is 0 Å². The summed E-state index contributed by atoms with van der Waals surface area (Å²) in [4.78, 5) is 16.8. The molecule has 0 unspecified atom stereocenters. The van der Waals surface area contributed by atoms with E-state index in [-0.39, 0.29) is 11.3 Å². The van der Waals surface area contributed by atoms with Crippen LogP contribution in [0.15, 0.2) is 58.4 Å². The molecule has 104 valence electrons. The van der Waals surface area contributed by atoms with E-state index in [2.05, 4.69) is 10.1 Å². The van der Waals surface area contributed by atoms with Crippen molar-refractivity contribution in [1.82, 2.24) is 9.66 Å². The minimum absolute atomic E-state index is 0.188. The van der Waals surface area contributed by atoms with E-state index in [1.165, 1.54) is 4.68 Å². The zero-order valence-corrected chi connectivity index (χ0v) is 11.4. The Bertz CT molecular complexity index is 880. The molecule has 1 heterocycles. The second kappa shape index (κ2) is 5.20. The molecular formula is C16H13N3O2. The third-order valence-electron chi connectivity index (χ3n) is 3.13. The van der Waals surface area contributed by atoms with Crippen molar-refractivity contribution < 1.29 is 5.11 Å². The van der Waals surface area contributed by atoms with Gasteiger partial charge in [0, 0.05) is 0 Å². The number of para-hydroxylation sites is 1.